The smallest absolute Gasteiger partial charge is 0.269 e. The lowest BCUT2D eigenvalue weighted by atomic mass is 10.1. The number of hydrogen-bond acceptors (Lipinski definition) is 5. The lowest BCUT2D eigenvalue weighted by Gasteiger charge is -2.29. The Morgan fingerprint density at radius 2 is 1.79 bits per heavy atom. The Morgan fingerprint density at radius 1 is 1.12 bits per heavy atom. The summed E-state index contributed by atoms with van der Waals surface area (Å²) < 4.78 is 26.3. The molecule has 1 aliphatic heterocycles. The highest BCUT2D eigenvalue weighted by atomic mass is 35.5. The van der Waals surface area contributed by atoms with Gasteiger partial charge in [-0.3, -0.25) is 14.4 Å². The van der Waals surface area contributed by atoms with Crippen LogP contribution in [0.2, 0.25) is 5.02 Å². The van der Waals surface area contributed by atoms with Crippen molar-refractivity contribution in [3.63, 3.8) is 0 Å². The molecule has 3 rings (SSSR count). The lowest BCUT2D eigenvalue weighted by molar-refractivity contribution is -0.140. The molecule has 0 spiro atoms. The maximum absolute atomic E-state index is 13.2. The third kappa shape index (κ3) is 5.59. The first kappa shape index (κ1) is 25.7. The zero-order valence-electron chi connectivity index (χ0n) is 19.2. The zero-order valence-corrected chi connectivity index (χ0v) is 20.7. The van der Waals surface area contributed by atoms with Crippen molar-refractivity contribution < 1.29 is 22.8 Å². The van der Waals surface area contributed by atoms with E-state index in [4.69, 9.17) is 11.6 Å². The standard InChI is InChI=1S/C24H28ClN3O5S/c1-3-4-14-26-23(30)17(2)27(16-18-9-11-19(25)12-10-18)22(29)13-15-28-24(31)20-7-5-6-8-21(20)34(28,32)33/h5-12,17H,3-4,13-16H2,1-2H3,(H,26,30)/t17-/m1/s1. The molecule has 2 aromatic carbocycles. The number of nitrogens with one attached hydrogen (secondary N) is 1. The first-order valence-electron chi connectivity index (χ1n) is 11.1. The van der Waals surface area contributed by atoms with E-state index >= 15 is 0 Å². The van der Waals surface area contributed by atoms with Gasteiger partial charge in [0.1, 0.15) is 10.9 Å². The quantitative estimate of drug-likeness (QED) is 0.499. The van der Waals surface area contributed by atoms with Gasteiger partial charge in [0.2, 0.25) is 11.8 Å². The fourth-order valence-corrected chi connectivity index (χ4v) is 5.39. The summed E-state index contributed by atoms with van der Waals surface area (Å²) >= 11 is 5.96. The van der Waals surface area contributed by atoms with Gasteiger partial charge in [0.15, 0.2) is 0 Å². The number of unbranched alkanes of at least 4 members (excludes halogenated alkanes) is 1. The van der Waals surface area contributed by atoms with E-state index in [-0.39, 0.29) is 35.9 Å². The van der Waals surface area contributed by atoms with Crippen molar-refractivity contribution in [2.75, 3.05) is 13.1 Å². The fraction of sp³-hybridized carbons (Fsp3) is 0.375. The van der Waals surface area contributed by atoms with Crippen LogP contribution in [0.15, 0.2) is 53.4 Å². The van der Waals surface area contributed by atoms with E-state index in [0.717, 1.165) is 22.7 Å². The minimum atomic E-state index is -4.01. The number of sulfonamides is 1. The van der Waals surface area contributed by atoms with E-state index in [0.29, 0.717) is 11.6 Å². The molecule has 1 N–H and O–H groups in total. The Hall–Kier alpha value is -2.91. The van der Waals surface area contributed by atoms with Gasteiger partial charge >= 0.3 is 0 Å². The van der Waals surface area contributed by atoms with Gasteiger partial charge < -0.3 is 10.2 Å². The topological polar surface area (TPSA) is 104 Å². The third-order valence-corrected chi connectivity index (χ3v) is 7.80. The molecule has 1 atom stereocenters. The van der Waals surface area contributed by atoms with Crippen LogP contribution in [-0.4, -0.2) is 54.5 Å². The molecule has 0 fully saturated rings. The number of nitrogens with zero attached hydrogens (tertiary/aromatic N) is 2. The minimum absolute atomic E-state index is 0.0610. The van der Waals surface area contributed by atoms with Crippen molar-refractivity contribution in [3.8, 4) is 0 Å². The first-order valence-corrected chi connectivity index (χ1v) is 13.0. The molecule has 0 aliphatic carbocycles. The lowest BCUT2D eigenvalue weighted by Crippen LogP contribution is -2.48. The Kier molecular flexibility index (Phi) is 8.33. The highest BCUT2D eigenvalue weighted by Gasteiger charge is 2.41. The number of rotatable bonds is 10. The normalized spacial score (nSPS) is 15.0. The van der Waals surface area contributed by atoms with Gasteiger partial charge in [0, 0.05) is 31.1 Å². The summed E-state index contributed by atoms with van der Waals surface area (Å²) in [6.45, 7) is 3.97. The maximum Gasteiger partial charge on any atom is 0.269 e. The Morgan fingerprint density at radius 3 is 2.44 bits per heavy atom. The molecule has 0 saturated carbocycles. The van der Waals surface area contributed by atoms with E-state index < -0.39 is 27.9 Å². The van der Waals surface area contributed by atoms with Crippen LogP contribution >= 0.6 is 11.6 Å². The monoisotopic (exact) mass is 505 g/mol. The second-order valence-electron chi connectivity index (χ2n) is 8.10. The van der Waals surface area contributed by atoms with Gasteiger partial charge in [0.25, 0.3) is 15.9 Å². The summed E-state index contributed by atoms with van der Waals surface area (Å²) in [5.74, 6) is -1.39. The Balaban J connectivity index is 1.76. The highest BCUT2D eigenvalue weighted by molar-refractivity contribution is 7.90. The van der Waals surface area contributed by atoms with Crippen molar-refractivity contribution >= 4 is 39.3 Å². The molecule has 0 unspecified atom stereocenters. The first-order chi connectivity index (χ1) is 16.2. The predicted molar refractivity (Wildman–Crippen MR) is 129 cm³/mol. The van der Waals surface area contributed by atoms with Crippen molar-refractivity contribution in [2.24, 2.45) is 0 Å². The third-order valence-electron chi connectivity index (χ3n) is 5.70. The average Bonchev–Trinajstić information content (AvgIpc) is 3.02. The molecular formula is C24H28ClN3O5S. The van der Waals surface area contributed by atoms with Crippen LogP contribution in [0.4, 0.5) is 0 Å². The van der Waals surface area contributed by atoms with E-state index in [9.17, 15) is 22.8 Å². The van der Waals surface area contributed by atoms with Gasteiger partial charge in [-0.1, -0.05) is 49.2 Å². The SMILES string of the molecule is CCCCNC(=O)[C@@H](C)N(Cc1ccc(Cl)cc1)C(=O)CCN1C(=O)c2ccccc2S1(=O)=O. The molecule has 3 amide bonds. The highest BCUT2D eigenvalue weighted by Crippen LogP contribution is 2.30. The maximum atomic E-state index is 13.2. The van der Waals surface area contributed by atoms with Crippen molar-refractivity contribution in [2.45, 2.75) is 50.6 Å². The summed E-state index contributed by atoms with van der Waals surface area (Å²) in [4.78, 5) is 39.9. The van der Waals surface area contributed by atoms with Crippen molar-refractivity contribution in [1.82, 2.24) is 14.5 Å². The van der Waals surface area contributed by atoms with Crippen LogP contribution in [0.1, 0.15) is 49.0 Å². The number of hydrogen-bond donors (Lipinski definition) is 1. The van der Waals surface area contributed by atoms with Crippen LogP contribution in [0.3, 0.4) is 0 Å². The Labute approximate surface area is 204 Å². The van der Waals surface area contributed by atoms with Crippen LogP contribution in [0.25, 0.3) is 0 Å². The van der Waals surface area contributed by atoms with Crippen molar-refractivity contribution in [1.29, 1.82) is 0 Å². The molecule has 10 heteroatoms. The van der Waals surface area contributed by atoms with E-state index in [1.165, 1.54) is 17.0 Å². The number of benzene rings is 2. The fourth-order valence-electron chi connectivity index (χ4n) is 3.70. The summed E-state index contributed by atoms with van der Waals surface area (Å²) in [6.07, 6.45) is 1.49. The number of carbonyl (C=O) groups is 3. The largest absolute Gasteiger partial charge is 0.354 e. The summed E-state index contributed by atoms with van der Waals surface area (Å²) in [5, 5.41) is 3.37. The van der Waals surface area contributed by atoms with Crippen LogP contribution in [-0.2, 0) is 26.2 Å². The number of carbonyl (C=O) groups excluding carboxylic acids is 3. The summed E-state index contributed by atoms with van der Waals surface area (Å²) in [7, 11) is -4.01. The molecule has 0 bridgehead atoms. The van der Waals surface area contributed by atoms with Crippen LogP contribution in [0, 0.1) is 0 Å². The molecule has 2 aromatic rings. The molecular weight excluding hydrogens is 478 g/mol. The van der Waals surface area contributed by atoms with Gasteiger partial charge in [-0.05, 0) is 43.2 Å². The van der Waals surface area contributed by atoms with E-state index in [1.54, 1.807) is 43.3 Å². The zero-order chi connectivity index (χ0) is 24.9. The van der Waals surface area contributed by atoms with Crippen LogP contribution in [0.5, 0.6) is 0 Å². The number of halogens is 1. The van der Waals surface area contributed by atoms with Gasteiger partial charge in [-0.2, -0.15) is 0 Å². The van der Waals surface area contributed by atoms with Gasteiger partial charge in [-0.15, -0.1) is 0 Å². The average molecular weight is 506 g/mol. The molecule has 34 heavy (non-hydrogen) atoms. The van der Waals surface area contributed by atoms with Crippen molar-refractivity contribution in [3.05, 3.63) is 64.7 Å². The Bertz CT molecular complexity index is 1170. The molecule has 1 heterocycles. The predicted octanol–water partition coefficient (Wildman–Crippen LogP) is 3.21. The summed E-state index contributed by atoms with van der Waals surface area (Å²) in [5.41, 5.74) is 0.861. The van der Waals surface area contributed by atoms with Crippen LogP contribution < -0.4 is 5.32 Å². The molecule has 1 aliphatic rings. The minimum Gasteiger partial charge on any atom is -0.354 e. The molecule has 0 radical (unpaired) electrons. The van der Waals surface area contributed by atoms with E-state index in [1.807, 2.05) is 6.92 Å². The van der Waals surface area contributed by atoms with Gasteiger partial charge in [-0.25, -0.2) is 12.7 Å². The molecule has 182 valence electrons. The molecule has 0 aromatic heterocycles. The molecule has 0 saturated heterocycles. The van der Waals surface area contributed by atoms with Gasteiger partial charge in [0.05, 0.1) is 5.56 Å². The second-order valence-corrected chi connectivity index (χ2v) is 10.4. The second kappa shape index (κ2) is 11.0. The van der Waals surface area contributed by atoms with E-state index in [2.05, 4.69) is 5.32 Å². The molecule has 8 nitrogen and oxygen atoms in total. The number of amides is 3. The number of fused-ring (bicyclic) bond motifs is 1. The summed E-state index contributed by atoms with van der Waals surface area (Å²) in [6, 6.07) is 12.1.